The largest absolute Gasteiger partial charge is 0.465 e. The zero-order valence-corrected chi connectivity index (χ0v) is 13.8. The summed E-state index contributed by atoms with van der Waals surface area (Å²) in [6, 6.07) is 5.31. The van der Waals surface area contributed by atoms with Gasteiger partial charge in [-0.2, -0.15) is 0 Å². The molecule has 6 nitrogen and oxygen atoms in total. The maximum Gasteiger partial charge on any atom is 0.339 e. The molecule has 122 valence electrons. The van der Waals surface area contributed by atoms with Gasteiger partial charge in [0.05, 0.1) is 24.4 Å². The van der Waals surface area contributed by atoms with Gasteiger partial charge < -0.3 is 15.0 Å². The first kappa shape index (κ1) is 16.7. The second kappa shape index (κ2) is 7.09. The molecule has 0 spiro atoms. The number of rotatable bonds is 5. The average molecular weight is 315 g/mol. The second-order valence-electron chi connectivity index (χ2n) is 5.27. The summed E-state index contributed by atoms with van der Waals surface area (Å²) in [5, 5.41) is 2.89. The number of ether oxygens (including phenoxy) is 1. The fraction of sp³-hybridized carbons (Fsp3) is 0.353. The Morgan fingerprint density at radius 1 is 1.39 bits per heavy atom. The standard InChI is InChI=1S/C17H21N3O3/c1-5-12-14(17(22)23-4)10(2)15(20-12)16(21)19-11(3)13-8-6-7-9-18-13/h6-9,11,20H,5H2,1-4H3,(H,19,21)/t11-/m0/s1. The molecule has 2 aromatic rings. The van der Waals surface area contributed by atoms with Crippen LogP contribution < -0.4 is 5.32 Å². The quantitative estimate of drug-likeness (QED) is 0.831. The predicted molar refractivity (Wildman–Crippen MR) is 86.4 cm³/mol. The van der Waals surface area contributed by atoms with Gasteiger partial charge in [-0.15, -0.1) is 0 Å². The number of carbonyl (C=O) groups excluding carboxylic acids is 2. The van der Waals surface area contributed by atoms with E-state index in [-0.39, 0.29) is 11.9 Å². The van der Waals surface area contributed by atoms with E-state index >= 15 is 0 Å². The Labute approximate surface area is 135 Å². The summed E-state index contributed by atoms with van der Waals surface area (Å²) >= 11 is 0. The lowest BCUT2D eigenvalue weighted by Crippen LogP contribution is -2.28. The third-order valence-corrected chi connectivity index (χ3v) is 3.78. The van der Waals surface area contributed by atoms with E-state index in [0.717, 1.165) is 5.69 Å². The maximum atomic E-state index is 12.5. The van der Waals surface area contributed by atoms with Crippen LogP contribution in [0.3, 0.4) is 0 Å². The molecule has 0 radical (unpaired) electrons. The number of aromatic amines is 1. The van der Waals surface area contributed by atoms with Gasteiger partial charge in [0.2, 0.25) is 0 Å². The number of hydrogen-bond donors (Lipinski definition) is 2. The third-order valence-electron chi connectivity index (χ3n) is 3.78. The number of nitrogens with one attached hydrogen (secondary N) is 2. The minimum Gasteiger partial charge on any atom is -0.465 e. The van der Waals surface area contributed by atoms with Crippen molar-refractivity contribution in [1.82, 2.24) is 15.3 Å². The molecule has 0 aliphatic heterocycles. The van der Waals surface area contributed by atoms with Gasteiger partial charge in [0.15, 0.2) is 0 Å². The lowest BCUT2D eigenvalue weighted by Gasteiger charge is -2.13. The van der Waals surface area contributed by atoms with Crippen LogP contribution in [0.1, 0.15) is 57.7 Å². The first-order valence-electron chi connectivity index (χ1n) is 7.51. The molecule has 2 heterocycles. The van der Waals surface area contributed by atoms with Gasteiger partial charge in [-0.25, -0.2) is 4.79 Å². The Kier molecular flexibility index (Phi) is 5.16. The molecule has 2 N–H and O–H groups in total. The molecule has 1 amide bonds. The maximum absolute atomic E-state index is 12.5. The lowest BCUT2D eigenvalue weighted by atomic mass is 10.1. The Morgan fingerprint density at radius 3 is 2.70 bits per heavy atom. The number of aryl methyl sites for hydroxylation is 1. The summed E-state index contributed by atoms with van der Waals surface area (Å²) < 4.78 is 4.80. The van der Waals surface area contributed by atoms with Crippen LogP contribution in [-0.2, 0) is 11.2 Å². The number of pyridine rings is 1. The average Bonchev–Trinajstić information content (AvgIpc) is 2.91. The van der Waals surface area contributed by atoms with Crippen molar-refractivity contribution in [3.05, 3.63) is 52.6 Å². The van der Waals surface area contributed by atoms with Gasteiger partial charge in [0.25, 0.3) is 5.91 Å². The molecule has 0 fully saturated rings. The zero-order valence-electron chi connectivity index (χ0n) is 13.8. The molecule has 23 heavy (non-hydrogen) atoms. The van der Waals surface area contributed by atoms with Crippen LogP contribution >= 0.6 is 0 Å². The molecule has 0 unspecified atom stereocenters. The molecular weight excluding hydrogens is 294 g/mol. The molecule has 1 atom stereocenters. The lowest BCUT2D eigenvalue weighted by molar-refractivity contribution is 0.0599. The van der Waals surface area contributed by atoms with Crippen LogP contribution in [0.4, 0.5) is 0 Å². The molecule has 2 rings (SSSR count). The fourth-order valence-electron chi connectivity index (χ4n) is 2.50. The summed E-state index contributed by atoms with van der Waals surface area (Å²) in [5.74, 6) is -0.710. The molecule has 0 saturated heterocycles. The van der Waals surface area contributed by atoms with E-state index in [2.05, 4.69) is 15.3 Å². The van der Waals surface area contributed by atoms with E-state index in [4.69, 9.17) is 4.74 Å². The highest BCUT2D eigenvalue weighted by Crippen LogP contribution is 2.21. The van der Waals surface area contributed by atoms with Gasteiger partial charge in [0.1, 0.15) is 5.69 Å². The van der Waals surface area contributed by atoms with Crippen molar-refractivity contribution in [2.45, 2.75) is 33.2 Å². The molecule has 0 aliphatic rings. The highest BCUT2D eigenvalue weighted by atomic mass is 16.5. The fourth-order valence-corrected chi connectivity index (χ4v) is 2.50. The number of methoxy groups -OCH3 is 1. The highest BCUT2D eigenvalue weighted by molar-refractivity contribution is 6.00. The number of hydrogen-bond acceptors (Lipinski definition) is 4. The highest BCUT2D eigenvalue weighted by Gasteiger charge is 2.24. The molecule has 0 saturated carbocycles. The first-order chi connectivity index (χ1) is 11.0. The molecule has 2 aromatic heterocycles. The zero-order chi connectivity index (χ0) is 17.0. The summed E-state index contributed by atoms with van der Waals surface area (Å²) in [6.07, 6.45) is 2.29. The van der Waals surface area contributed by atoms with Gasteiger partial charge in [-0.1, -0.05) is 13.0 Å². The Bertz CT molecular complexity index is 707. The number of nitrogens with zero attached hydrogens (tertiary/aromatic N) is 1. The Morgan fingerprint density at radius 2 is 2.13 bits per heavy atom. The first-order valence-corrected chi connectivity index (χ1v) is 7.51. The smallest absolute Gasteiger partial charge is 0.339 e. The third kappa shape index (κ3) is 3.41. The molecule has 0 bridgehead atoms. The molecule has 0 aromatic carbocycles. The SMILES string of the molecule is CCc1[nH]c(C(=O)N[C@@H](C)c2ccccn2)c(C)c1C(=O)OC. The molecule has 0 aliphatic carbocycles. The summed E-state index contributed by atoms with van der Waals surface area (Å²) in [6.45, 7) is 5.51. The van der Waals surface area contributed by atoms with E-state index in [1.54, 1.807) is 13.1 Å². The summed E-state index contributed by atoms with van der Waals surface area (Å²) in [7, 11) is 1.33. The minimum absolute atomic E-state index is 0.238. The van der Waals surface area contributed by atoms with Crippen LogP contribution in [0.2, 0.25) is 0 Å². The summed E-state index contributed by atoms with van der Waals surface area (Å²) in [5.41, 5.74) is 2.88. The van der Waals surface area contributed by atoms with Crippen LogP contribution in [0.15, 0.2) is 24.4 Å². The van der Waals surface area contributed by atoms with Gasteiger partial charge in [-0.05, 0) is 38.0 Å². The topological polar surface area (TPSA) is 84.1 Å². The molecule has 6 heteroatoms. The van der Waals surface area contributed by atoms with Crippen molar-refractivity contribution in [1.29, 1.82) is 0 Å². The van der Waals surface area contributed by atoms with Crippen molar-refractivity contribution in [3.8, 4) is 0 Å². The van der Waals surface area contributed by atoms with Crippen LogP contribution in [-0.4, -0.2) is 29.0 Å². The Hall–Kier alpha value is -2.63. The normalized spacial score (nSPS) is 11.8. The number of esters is 1. The molecular formula is C17H21N3O3. The second-order valence-corrected chi connectivity index (χ2v) is 5.27. The van der Waals surface area contributed by atoms with E-state index in [1.807, 2.05) is 32.0 Å². The predicted octanol–water partition coefficient (Wildman–Crippen LogP) is 2.56. The van der Waals surface area contributed by atoms with Crippen molar-refractivity contribution in [3.63, 3.8) is 0 Å². The van der Waals surface area contributed by atoms with E-state index in [1.165, 1.54) is 7.11 Å². The van der Waals surface area contributed by atoms with Crippen molar-refractivity contribution < 1.29 is 14.3 Å². The van der Waals surface area contributed by atoms with Crippen LogP contribution in [0.25, 0.3) is 0 Å². The number of amides is 1. The van der Waals surface area contributed by atoms with E-state index in [0.29, 0.717) is 28.9 Å². The van der Waals surface area contributed by atoms with Gasteiger partial charge >= 0.3 is 5.97 Å². The minimum atomic E-state index is -0.438. The Balaban J connectivity index is 2.26. The van der Waals surface area contributed by atoms with E-state index < -0.39 is 5.97 Å². The van der Waals surface area contributed by atoms with E-state index in [9.17, 15) is 9.59 Å². The van der Waals surface area contributed by atoms with Crippen molar-refractivity contribution in [2.24, 2.45) is 0 Å². The number of H-pyrrole nitrogens is 1. The van der Waals surface area contributed by atoms with Crippen molar-refractivity contribution >= 4 is 11.9 Å². The van der Waals surface area contributed by atoms with Crippen LogP contribution in [0.5, 0.6) is 0 Å². The number of carbonyl (C=O) groups is 2. The summed E-state index contributed by atoms with van der Waals surface area (Å²) in [4.78, 5) is 31.7. The monoisotopic (exact) mass is 315 g/mol. The number of aromatic nitrogens is 2. The van der Waals surface area contributed by atoms with Gasteiger partial charge in [-0.3, -0.25) is 9.78 Å². The van der Waals surface area contributed by atoms with Crippen molar-refractivity contribution in [2.75, 3.05) is 7.11 Å². The van der Waals surface area contributed by atoms with Crippen LogP contribution in [0, 0.1) is 6.92 Å². The van der Waals surface area contributed by atoms with Gasteiger partial charge in [0, 0.05) is 11.9 Å².